The molecule has 1 aliphatic heterocycles. The first-order chi connectivity index (χ1) is 15.3. The maximum atomic E-state index is 13.3. The van der Waals surface area contributed by atoms with Gasteiger partial charge in [-0.15, -0.1) is 0 Å². The number of aliphatic imine (C=N–C) groups is 1. The molecule has 2 unspecified atom stereocenters. The molecule has 1 saturated heterocycles. The molecule has 1 aromatic carbocycles. The zero-order valence-corrected chi connectivity index (χ0v) is 19.0. The number of aryl methyl sites for hydroxylation is 1. The number of carbonyl (C=O) groups is 1. The molecule has 4 rings (SSSR count). The van der Waals surface area contributed by atoms with Crippen LogP contribution in [0.1, 0.15) is 55.7 Å². The Labute approximate surface area is 188 Å². The normalized spacial score (nSPS) is 26.0. The monoisotopic (exact) mass is 439 g/mol. The zero-order chi connectivity index (χ0) is 22.8. The lowest BCUT2D eigenvalue weighted by molar-refractivity contribution is -0.0588. The molecular formula is C23H33N7O2. The summed E-state index contributed by atoms with van der Waals surface area (Å²) in [6, 6.07) is 5.99. The van der Waals surface area contributed by atoms with Crippen molar-refractivity contribution in [3.05, 3.63) is 29.6 Å². The van der Waals surface area contributed by atoms with Crippen LogP contribution in [0.2, 0.25) is 0 Å². The fraction of sp³-hybridized carbons (Fsp3) is 0.565. The van der Waals surface area contributed by atoms with Crippen LogP contribution < -0.4 is 16.8 Å². The van der Waals surface area contributed by atoms with Crippen molar-refractivity contribution in [1.29, 1.82) is 0 Å². The summed E-state index contributed by atoms with van der Waals surface area (Å²) in [4.78, 5) is 28.9. The highest BCUT2D eigenvalue weighted by Gasteiger charge is 2.30. The summed E-state index contributed by atoms with van der Waals surface area (Å²) in [5, 5.41) is 4.45. The lowest BCUT2D eigenvalue weighted by atomic mass is 9.90. The summed E-state index contributed by atoms with van der Waals surface area (Å²) in [5.74, 6) is 0.763. The molecule has 5 N–H and O–H groups in total. The van der Waals surface area contributed by atoms with Gasteiger partial charge in [-0.05, 0) is 45.7 Å². The van der Waals surface area contributed by atoms with E-state index in [1.54, 1.807) is 4.90 Å². The Kier molecular flexibility index (Phi) is 6.45. The third kappa shape index (κ3) is 4.93. The lowest BCUT2D eigenvalue weighted by Crippen LogP contribution is -2.48. The van der Waals surface area contributed by atoms with Crippen LogP contribution in [0.25, 0.3) is 10.9 Å². The third-order valence-corrected chi connectivity index (χ3v) is 6.12. The van der Waals surface area contributed by atoms with Crippen molar-refractivity contribution in [2.45, 2.75) is 70.7 Å². The van der Waals surface area contributed by atoms with E-state index in [2.05, 4.69) is 15.3 Å². The molecule has 2 aromatic rings. The molecule has 32 heavy (non-hydrogen) atoms. The first kappa shape index (κ1) is 22.3. The summed E-state index contributed by atoms with van der Waals surface area (Å²) >= 11 is 0. The fourth-order valence-corrected chi connectivity index (χ4v) is 4.73. The number of amides is 1. The van der Waals surface area contributed by atoms with Crippen LogP contribution in [-0.2, 0) is 4.74 Å². The number of hydrogen-bond acceptors (Lipinski definition) is 6. The van der Waals surface area contributed by atoms with Gasteiger partial charge >= 0.3 is 0 Å². The molecule has 172 valence electrons. The van der Waals surface area contributed by atoms with Crippen LogP contribution in [0.15, 0.2) is 23.2 Å². The van der Waals surface area contributed by atoms with Crippen LogP contribution in [0, 0.1) is 6.92 Å². The smallest absolute Gasteiger partial charge is 0.291 e. The number of rotatable bonds is 4. The quantitative estimate of drug-likeness (QED) is 0.491. The molecule has 1 amide bonds. The molecule has 2 fully saturated rings. The second-order valence-electron chi connectivity index (χ2n) is 9.04. The van der Waals surface area contributed by atoms with Crippen LogP contribution in [-0.4, -0.2) is 64.1 Å². The Morgan fingerprint density at radius 3 is 2.59 bits per heavy atom. The first-order valence-electron chi connectivity index (χ1n) is 11.4. The molecule has 9 heteroatoms. The largest absolute Gasteiger partial charge is 0.372 e. The van der Waals surface area contributed by atoms with Gasteiger partial charge in [0.05, 0.1) is 29.8 Å². The number of carbonyl (C=O) groups excluding carboxylic acids is 1. The second kappa shape index (κ2) is 9.28. The van der Waals surface area contributed by atoms with E-state index in [1.165, 1.54) is 0 Å². The highest BCUT2D eigenvalue weighted by Crippen LogP contribution is 2.28. The number of hydrogen-bond donors (Lipinski definition) is 3. The van der Waals surface area contributed by atoms with Crippen molar-refractivity contribution < 1.29 is 9.53 Å². The molecule has 0 bridgehead atoms. The Balaban J connectivity index is 1.70. The number of aromatic nitrogens is 2. The average Bonchev–Trinajstić information content (AvgIpc) is 2.73. The van der Waals surface area contributed by atoms with Crippen LogP contribution >= 0.6 is 0 Å². The number of ether oxygens (including phenoxy) is 1. The number of anilines is 1. The van der Waals surface area contributed by atoms with E-state index in [1.807, 2.05) is 39.0 Å². The highest BCUT2D eigenvalue weighted by atomic mass is 16.5. The predicted molar refractivity (Wildman–Crippen MR) is 126 cm³/mol. The Morgan fingerprint density at radius 2 is 1.88 bits per heavy atom. The van der Waals surface area contributed by atoms with Gasteiger partial charge in [-0.1, -0.05) is 24.5 Å². The van der Waals surface area contributed by atoms with Crippen molar-refractivity contribution in [2.75, 3.05) is 18.4 Å². The van der Waals surface area contributed by atoms with E-state index < -0.39 is 0 Å². The van der Waals surface area contributed by atoms with Crippen LogP contribution in [0.4, 0.5) is 5.82 Å². The summed E-state index contributed by atoms with van der Waals surface area (Å²) in [6.45, 7) is 7.02. The third-order valence-electron chi connectivity index (χ3n) is 6.12. The minimum atomic E-state index is -0.179. The number of nitrogens with one attached hydrogen (secondary N) is 1. The van der Waals surface area contributed by atoms with E-state index in [0.29, 0.717) is 18.9 Å². The number of nitrogens with zero attached hydrogens (tertiary/aromatic N) is 4. The average molecular weight is 440 g/mol. The maximum Gasteiger partial charge on any atom is 0.291 e. The number of nitrogens with two attached hydrogens (primary N) is 2. The number of fused-ring (bicyclic) bond motifs is 1. The molecule has 9 nitrogen and oxygen atoms in total. The minimum absolute atomic E-state index is 0.0222. The standard InChI is InChI=1S/C23H33N7O2/c1-13-8-9-17-16(10-13)20(27-18-6-4-5-7-19(18)28-23(24)25)29-21(26-17)22(31)30-11-14(2)32-15(3)12-30/h8-10,14-15,18-19H,4-7,11-12H2,1-3H3,(H4,24,25,28)(H,26,27,29)/t14-,15+,18?,19?. The zero-order valence-electron chi connectivity index (χ0n) is 19.0. The van der Waals surface area contributed by atoms with Crippen LogP contribution in [0.5, 0.6) is 0 Å². The molecule has 2 aliphatic rings. The Bertz CT molecular complexity index is 1010. The van der Waals surface area contributed by atoms with Gasteiger partial charge in [-0.3, -0.25) is 4.79 Å². The van der Waals surface area contributed by atoms with Crippen molar-refractivity contribution in [1.82, 2.24) is 14.9 Å². The van der Waals surface area contributed by atoms with E-state index in [0.717, 1.165) is 42.1 Å². The van der Waals surface area contributed by atoms with Gasteiger partial charge < -0.3 is 26.4 Å². The second-order valence-corrected chi connectivity index (χ2v) is 9.04. The molecule has 0 spiro atoms. The SMILES string of the molecule is Cc1ccc2nc(C(=O)N3C[C@@H](C)O[C@@H](C)C3)nc(NC3CCCCC3N=C(N)N)c2c1. The van der Waals surface area contributed by atoms with Crippen molar-refractivity contribution >= 4 is 28.6 Å². The van der Waals surface area contributed by atoms with Crippen LogP contribution in [0.3, 0.4) is 0 Å². The van der Waals surface area contributed by atoms with Gasteiger partial charge in [0, 0.05) is 18.5 Å². The summed E-state index contributed by atoms with van der Waals surface area (Å²) in [5.41, 5.74) is 13.2. The van der Waals surface area contributed by atoms with Gasteiger partial charge in [0.15, 0.2) is 5.96 Å². The van der Waals surface area contributed by atoms with Gasteiger partial charge in [0.2, 0.25) is 5.82 Å². The van der Waals surface area contributed by atoms with E-state index in [-0.39, 0.29) is 42.0 Å². The summed E-state index contributed by atoms with van der Waals surface area (Å²) in [7, 11) is 0. The van der Waals surface area contributed by atoms with Gasteiger partial charge in [-0.25, -0.2) is 15.0 Å². The molecule has 2 heterocycles. The van der Waals surface area contributed by atoms with Gasteiger partial charge in [0.25, 0.3) is 5.91 Å². The first-order valence-corrected chi connectivity index (χ1v) is 11.4. The minimum Gasteiger partial charge on any atom is -0.372 e. The van der Waals surface area contributed by atoms with Crippen molar-refractivity contribution in [3.63, 3.8) is 0 Å². The summed E-state index contributed by atoms with van der Waals surface area (Å²) in [6.07, 6.45) is 3.97. The summed E-state index contributed by atoms with van der Waals surface area (Å²) < 4.78 is 5.77. The molecular weight excluding hydrogens is 406 g/mol. The topological polar surface area (TPSA) is 132 Å². The van der Waals surface area contributed by atoms with Crippen molar-refractivity contribution in [3.8, 4) is 0 Å². The molecule has 1 aliphatic carbocycles. The Morgan fingerprint density at radius 1 is 1.16 bits per heavy atom. The molecule has 1 aromatic heterocycles. The molecule has 4 atom stereocenters. The fourth-order valence-electron chi connectivity index (χ4n) is 4.73. The number of benzene rings is 1. The maximum absolute atomic E-state index is 13.3. The van der Waals surface area contributed by atoms with Gasteiger partial charge in [0.1, 0.15) is 5.82 Å². The number of morpholine rings is 1. The number of guanidine groups is 1. The Hall–Kier alpha value is -2.94. The van der Waals surface area contributed by atoms with Gasteiger partial charge in [-0.2, -0.15) is 0 Å². The molecule has 1 saturated carbocycles. The highest BCUT2D eigenvalue weighted by molar-refractivity contribution is 5.96. The van der Waals surface area contributed by atoms with E-state index >= 15 is 0 Å². The predicted octanol–water partition coefficient (Wildman–Crippen LogP) is 2.18. The van der Waals surface area contributed by atoms with E-state index in [4.69, 9.17) is 21.2 Å². The lowest BCUT2D eigenvalue weighted by Gasteiger charge is -2.35. The van der Waals surface area contributed by atoms with Crippen molar-refractivity contribution in [2.24, 2.45) is 16.5 Å². The molecule has 0 radical (unpaired) electrons. The van der Waals surface area contributed by atoms with E-state index in [9.17, 15) is 4.79 Å².